The van der Waals surface area contributed by atoms with Gasteiger partial charge < -0.3 is 10.2 Å². The molecule has 0 aliphatic heterocycles. The SMILES string of the molecule is O=CC(Cc1ccc(C(=O)O)cc1)NC(=O)C(Cc1ccc(OCC(=O)O)cc1)NC(=O)CS[CH2][Sb]. The average molecular weight is 623 g/mol. The number of carboxylic acids is 2. The van der Waals surface area contributed by atoms with Crippen LogP contribution in [0.4, 0.5) is 0 Å². The van der Waals surface area contributed by atoms with Crippen LogP contribution >= 0.6 is 11.8 Å². The van der Waals surface area contributed by atoms with Gasteiger partial charge >= 0.3 is 182 Å². The first-order valence-corrected chi connectivity index (χ1v) is 13.7. The normalized spacial score (nSPS) is 12.1. The fraction of sp³-hybridized carbons (Fsp3) is 0.292. The first-order chi connectivity index (χ1) is 17.2. The number of aliphatic carboxylic acids is 1. The molecule has 0 spiro atoms. The number of hydrogen-bond donors (Lipinski definition) is 4. The van der Waals surface area contributed by atoms with Crippen molar-refractivity contribution in [3.63, 3.8) is 0 Å². The Labute approximate surface area is 225 Å². The minimum atomic E-state index is -1.10. The fourth-order valence-corrected chi connectivity index (χ4v) is 4.28. The summed E-state index contributed by atoms with van der Waals surface area (Å²) >= 11 is 2.99. The van der Waals surface area contributed by atoms with Gasteiger partial charge in [0.2, 0.25) is 0 Å². The monoisotopic (exact) mass is 622 g/mol. The second kappa shape index (κ2) is 15.2. The van der Waals surface area contributed by atoms with Gasteiger partial charge in [0, 0.05) is 0 Å². The Morgan fingerprint density at radius 1 is 0.944 bits per heavy atom. The number of amides is 2. The van der Waals surface area contributed by atoms with Gasteiger partial charge in [0.1, 0.15) is 0 Å². The topological polar surface area (TPSA) is 159 Å². The Bertz CT molecular complexity index is 1060. The van der Waals surface area contributed by atoms with Crippen LogP contribution in [0.15, 0.2) is 48.5 Å². The van der Waals surface area contributed by atoms with Crippen molar-refractivity contribution in [3.8, 4) is 5.75 Å². The Morgan fingerprint density at radius 3 is 2.11 bits per heavy atom. The van der Waals surface area contributed by atoms with Gasteiger partial charge in [-0.2, -0.15) is 0 Å². The summed E-state index contributed by atoms with van der Waals surface area (Å²) in [4.78, 5) is 58.7. The molecular formula is C24H25N2O8SSb. The molecule has 36 heavy (non-hydrogen) atoms. The number of rotatable bonds is 15. The second-order valence-electron chi connectivity index (χ2n) is 7.59. The van der Waals surface area contributed by atoms with Crippen LogP contribution in [0.1, 0.15) is 21.5 Å². The van der Waals surface area contributed by atoms with E-state index in [1.807, 2.05) is 0 Å². The van der Waals surface area contributed by atoms with E-state index in [2.05, 4.69) is 10.6 Å². The number of benzene rings is 2. The van der Waals surface area contributed by atoms with Gasteiger partial charge in [0.05, 0.1) is 5.56 Å². The Kier molecular flexibility index (Phi) is 12.3. The van der Waals surface area contributed by atoms with E-state index in [9.17, 15) is 24.0 Å². The minimum absolute atomic E-state index is 0.110. The Morgan fingerprint density at radius 2 is 1.56 bits per heavy atom. The maximum atomic E-state index is 13.0. The summed E-state index contributed by atoms with van der Waals surface area (Å²) in [6.45, 7) is -0.483. The van der Waals surface area contributed by atoms with E-state index in [1.165, 1.54) is 23.9 Å². The number of carbonyl (C=O) groups excluding carboxylic acids is 3. The van der Waals surface area contributed by atoms with Crippen molar-refractivity contribution in [2.45, 2.75) is 24.9 Å². The number of ether oxygens (including phenoxy) is 1. The predicted molar refractivity (Wildman–Crippen MR) is 133 cm³/mol. The maximum absolute atomic E-state index is 13.0. The average Bonchev–Trinajstić information content (AvgIpc) is 2.86. The van der Waals surface area contributed by atoms with Crippen molar-refractivity contribution in [2.75, 3.05) is 16.1 Å². The van der Waals surface area contributed by atoms with E-state index in [4.69, 9.17) is 14.9 Å². The molecule has 0 aliphatic rings. The number of aromatic carboxylic acids is 1. The number of carbonyl (C=O) groups is 5. The molecule has 190 valence electrons. The van der Waals surface area contributed by atoms with E-state index >= 15 is 0 Å². The van der Waals surface area contributed by atoms with Crippen molar-refractivity contribution in [2.24, 2.45) is 0 Å². The van der Waals surface area contributed by atoms with Gasteiger partial charge in [-0.05, 0) is 12.1 Å². The number of aldehydes is 1. The molecule has 12 heteroatoms. The molecule has 2 aromatic rings. The third kappa shape index (κ3) is 10.3. The van der Waals surface area contributed by atoms with Crippen LogP contribution in [0, 0.1) is 0 Å². The molecule has 2 radical (unpaired) electrons. The molecule has 2 rings (SSSR count). The molecule has 0 saturated carbocycles. The molecule has 2 amide bonds. The Hall–Kier alpha value is -3.04. The number of hydrogen-bond acceptors (Lipinski definition) is 7. The van der Waals surface area contributed by atoms with Crippen LogP contribution in [0.25, 0.3) is 0 Å². The van der Waals surface area contributed by atoms with Crippen LogP contribution < -0.4 is 15.4 Å². The van der Waals surface area contributed by atoms with Crippen LogP contribution in [-0.4, -0.2) is 91.4 Å². The van der Waals surface area contributed by atoms with Gasteiger partial charge in [-0.25, -0.2) is 9.59 Å². The summed E-state index contributed by atoms with van der Waals surface area (Å²) in [6.07, 6.45) is 0.874. The van der Waals surface area contributed by atoms with Crippen LogP contribution in [0.5, 0.6) is 5.75 Å². The molecule has 4 N–H and O–H groups in total. The predicted octanol–water partition coefficient (Wildman–Crippen LogP) is 0.661. The van der Waals surface area contributed by atoms with Gasteiger partial charge in [-0.3, -0.25) is 0 Å². The molecule has 2 atom stereocenters. The molecule has 2 aromatic carbocycles. The zero-order valence-electron chi connectivity index (χ0n) is 19.1. The van der Waals surface area contributed by atoms with Crippen molar-refractivity contribution in [3.05, 3.63) is 65.2 Å². The second-order valence-corrected chi connectivity index (χ2v) is 10.8. The van der Waals surface area contributed by atoms with E-state index < -0.39 is 36.5 Å². The molecule has 0 aliphatic carbocycles. The van der Waals surface area contributed by atoms with Gasteiger partial charge in [-0.15, -0.1) is 0 Å². The molecule has 10 nitrogen and oxygen atoms in total. The number of carboxylic acid groups (broad SMARTS) is 2. The Balaban J connectivity index is 2.10. The molecular weight excluding hydrogens is 598 g/mol. The van der Waals surface area contributed by atoms with Crippen molar-refractivity contribution < 1.29 is 38.9 Å². The summed E-state index contributed by atoms with van der Waals surface area (Å²) in [5.74, 6) is -2.49. The van der Waals surface area contributed by atoms with Gasteiger partial charge in [0.15, 0.2) is 6.61 Å². The molecule has 0 saturated heterocycles. The molecule has 2 unspecified atom stereocenters. The van der Waals surface area contributed by atoms with E-state index in [-0.39, 0.29) is 30.1 Å². The van der Waals surface area contributed by atoms with E-state index in [1.54, 1.807) is 59.4 Å². The molecule has 0 aromatic heterocycles. The number of thioether (sulfide) groups is 1. The zero-order chi connectivity index (χ0) is 26.5. The number of nitrogens with one attached hydrogen (secondary N) is 2. The first-order valence-electron chi connectivity index (χ1n) is 10.7. The van der Waals surface area contributed by atoms with Crippen molar-refractivity contribution in [1.82, 2.24) is 10.6 Å². The fourth-order valence-electron chi connectivity index (χ4n) is 3.14. The van der Waals surface area contributed by atoms with Gasteiger partial charge in [-0.1, -0.05) is 0 Å². The third-order valence-corrected chi connectivity index (χ3v) is 7.06. The van der Waals surface area contributed by atoms with Crippen LogP contribution in [0.2, 0.25) is 0 Å². The first kappa shape index (κ1) is 29.2. The molecule has 0 heterocycles. The summed E-state index contributed by atoms with van der Waals surface area (Å²) < 4.78 is 5.89. The molecule has 0 bridgehead atoms. The van der Waals surface area contributed by atoms with Crippen molar-refractivity contribution in [1.29, 1.82) is 0 Å². The van der Waals surface area contributed by atoms with Crippen LogP contribution in [-0.2, 0) is 32.0 Å². The summed E-state index contributed by atoms with van der Waals surface area (Å²) in [6, 6.07) is 10.6. The zero-order valence-corrected chi connectivity index (χ0v) is 22.5. The van der Waals surface area contributed by atoms with E-state index in [0.29, 0.717) is 23.2 Å². The van der Waals surface area contributed by atoms with Crippen molar-refractivity contribution >= 4 is 64.8 Å². The van der Waals surface area contributed by atoms with Gasteiger partial charge in [0.25, 0.3) is 0 Å². The van der Waals surface area contributed by atoms with E-state index in [0.717, 1.165) is 3.70 Å². The quantitative estimate of drug-likeness (QED) is 0.165. The summed E-state index contributed by atoms with van der Waals surface area (Å²) in [7, 11) is 0. The van der Waals surface area contributed by atoms with Crippen LogP contribution in [0.3, 0.4) is 0 Å². The standard InChI is InChI=1S/C24H25N2O8S.Sb/c1-35-14-21(28)26-20(11-16-4-8-19(9-5-16)34-13-22(29)30)23(31)25-18(12-27)10-15-2-6-17(7-3-15)24(32)33;/h2-9,12,18,20H,1,10-11,13-14H2,(H,25,31)(H,26,28)(H,29,30)(H,32,33);. The summed E-state index contributed by atoms with van der Waals surface area (Å²) in [5.41, 5.74) is 1.46. The third-order valence-electron chi connectivity index (χ3n) is 4.85. The summed E-state index contributed by atoms with van der Waals surface area (Å²) in [5, 5.41) is 23.1. The molecule has 0 fully saturated rings.